The molecule has 0 rings (SSSR count). The molecule has 0 bridgehead atoms. The number of hydrogen-bond donors (Lipinski definition) is 1. The standard InChI is InChI=1S/C10H22O5S/c1-4-9(5-2)6-15-7-10(11)8-16(12,13)14-3/h9-11H,4-8H2,1-3H3. The van der Waals surface area contributed by atoms with Gasteiger partial charge in [-0.15, -0.1) is 0 Å². The van der Waals surface area contributed by atoms with Crippen LogP contribution in [0.2, 0.25) is 0 Å². The minimum Gasteiger partial charge on any atom is -0.390 e. The van der Waals surface area contributed by atoms with Crippen molar-refractivity contribution in [1.29, 1.82) is 0 Å². The van der Waals surface area contributed by atoms with Crippen LogP contribution in [-0.2, 0) is 19.0 Å². The molecule has 1 atom stereocenters. The highest BCUT2D eigenvalue weighted by Gasteiger charge is 2.17. The highest BCUT2D eigenvalue weighted by Crippen LogP contribution is 2.07. The van der Waals surface area contributed by atoms with Gasteiger partial charge in [0.2, 0.25) is 0 Å². The third-order valence-electron chi connectivity index (χ3n) is 2.47. The lowest BCUT2D eigenvalue weighted by Crippen LogP contribution is -2.27. The van der Waals surface area contributed by atoms with Crippen LogP contribution < -0.4 is 0 Å². The van der Waals surface area contributed by atoms with Gasteiger partial charge in [0.15, 0.2) is 0 Å². The maximum atomic E-state index is 11.0. The van der Waals surface area contributed by atoms with E-state index in [2.05, 4.69) is 18.0 Å². The van der Waals surface area contributed by atoms with Crippen molar-refractivity contribution < 1.29 is 22.4 Å². The van der Waals surface area contributed by atoms with Gasteiger partial charge in [-0.25, -0.2) is 0 Å². The van der Waals surface area contributed by atoms with Crippen LogP contribution in [0.5, 0.6) is 0 Å². The second kappa shape index (κ2) is 8.00. The van der Waals surface area contributed by atoms with Crippen molar-refractivity contribution in [2.75, 3.05) is 26.1 Å². The van der Waals surface area contributed by atoms with E-state index in [1.165, 1.54) is 0 Å². The lowest BCUT2D eigenvalue weighted by atomic mass is 10.1. The Bertz CT molecular complexity index is 258. The van der Waals surface area contributed by atoms with Gasteiger partial charge in [0.1, 0.15) is 5.75 Å². The fraction of sp³-hybridized carbons (Fsp3) is 1.00. The molecule has 0 aliphatic carbocycles. The molecule has 0 aliphatic rings. The van der Waals surface area contributed by atoms with E-state index in [0.29, 0.717) is 12.5 Å². The molecule has 0 spiro atoms. The van der Waals surface area contributed by atoms with Crippen molar-refractivity contribution in [3.8, 4) is 0 Å². The van der Waals surface area contributed by atoms with Crippen LogP contribution in [0, 0.1) is 5.92 Å². The third kappa shape index (κ3) is 7.16. The molecule has 0 saturated heterocycles. The molecular weight excluding hydrogens is 232 g/mol. The van der Waals surface area contributed by atoms with Crippen LogP contribution in [0.3, 0.4) is 0 Å². The smallest absolute Gasteiger partial charge is 0.269 e. The Morgan fingerprint density at radius 1 is 1.19 bits per heavy atom. The number of aliphatic hydroxyl groups excluding tert-OH is 1. The molecule has 5 nitrogen and oxygen atoms in total. The molecule has 0 aromatic carbocycles. The number of ether oxygens (including phenoxy) is 1. The molecular formula is C10H22O5S. The van der Waals surface area contributed by atoms with Crippen LogP contribution in [0.25, 0.3) is 0 Å². The molecule has 0 heterocycles. The molecule has 0 aromatic heterocycles. The average Bonchev–Trinajstić information content (AvgIpc) is 2.24. The summed E-state index contributed by atoms with van der Waals surface area (Å²) in [5.41, 5.74) is 0. The molecule has 0 aromatic rings. The van der Waals surface area contributed by atoms with Crippen molar-refractivity contribution in [1.82, 2.24) is 0 Å². The first kappa shape index (κ1) is 15.8. The summed E-state index contributed by atoms with van der Waals surface area (Å²) >= 11 is 0. The third-order valence-corrected chi connectivity index (χ3v) is 3.77. The van der Waals surface area contributed by atoms with Crippen LogP contribution in [-0.4, -0.2) is 45.7 Å². The lowest BCUT2D eigenvalue weighted by Gasteiger charge is -2.15. The molecule has 16 heavy (non-hydrogen) atoms. The van der Waals surface area contributed by atoms with E-state index in [1.54, 1.807) is 0 Å². The summed E-state index contributed by atoms with van der Waals surface area (Å²) in [7, 11) is -2.53. The van der Waals surface area contributed by atoms with Crippen molar-refractivity contribution in [2.24, 2.45) is 5.92 Å². The molecule has 1 N–H and O–H groups in total. The number of hydrogen-bond acceptors (Lipinski definition) is 5. The molecule has 0 aliphatic heterocycles. The minimum atomic E-state index is -3.61. The largest absolute Gasteiger partial charge is 0.390 e. The Hall–Kier alpha value is -0.170. The van der Waals surface area contributed by atoms with Gasteiger partial charge in [0.05, 0.1) is 19.8 Å². The number of aliphatic hydroxyl groups is 1. The number of rotatable bonds is 9. The molecule has 0 amide bonds. The van der Waals surface area contributed by atoms with Gasteiger partial charge in [0, 0.05) is 6.61 Å². The normalized spacial score (nSPS) is 14.3. The summed E-state index contributed by atoms with van der Waals surface area (Å²) in [6.45, 7) is 4.73. The van der Waals surface area contributed by atoms with Crippen molar-refractivity contribution in [3.05, 3.63) is 0 Å². The zero-order valence-corrected chi connectivity index (χ0v) is 11.0. The van der Waals surface area contributed by atoms with Crippen molar-refractivity contribution in [3.63, 3.8) is 0 Å². The first-order valence-corrected chi connectivity index (χ1v) is 7.07. The fourth-order valence-corrected chi connectivity index (χ4v) is 1.95. The zero-order chi connectivity index (χ0) is 12.6. The van der Waals surface area contributed by atoms with Gasteiger partial charge < -0.3 is 9.84 Å². The Balaban J connectivity index is 3.78. The molecule has 1 unspecified atom stereocenters. The predicted molar refractivity (Wildman–Crippen MR) is 61.7 cm³/mol. The quantitative estimate of drug-likeness (QED) is 0.615. The highest BCUT2D eigenvalue weighted by molar-refractivity contribution is 7.86. The molecule has 0 radical (unpaired) electrons. The van der Waals surface area contributed by atoms with Gasteiger partial charge in [0.25, 0.3) is 10.1 Å². The second-order valence-electron chi connectivity index (χ2n) is 3.76. The topological polar surface area (TPSA) is 72.8 Å². The highest BCUT2D eigenvalue weighted by atomic mass is 32.2. The van der Waals surface area contributed by atoms with E-state index in [-0.39, 0.29) is 6.61 Å². The first-order valence-electron chi connectivity index (χ1n) is 5.49. The lowest BCUT2D eigenvalue weighted by molar-refractivity contribution is 0.0286. The summed E-state index contributed by atoms with van der Waals surface area (Å²) in [4.78, 5) is 0. The van der Waals surface area contributed by atoms with E-state index >= 15 is 0 Å². The van der Waals surface area contributed by atoms with E-state index < -0.39 is 22.0 Å². The van der Waals surface area contributed by atoms with Crippen LogP contribution in [0.15, 0.2) is 0 Å². The monoisotopic (exact) mass is 254 g/mol. The molecule has 0 fully saturated rings. The SMILES string of the molecule is CCC(CC)COCC(O)CS(=O)(=O)OC. The Morgan fingerprint density at radius 3 is 2.19 bits per heavy atom. The molecule has 6 heteroatoms. The van der Waals surface area contributed by atoms with Gasteiger partial charge in [-0.2, -0.15) is 8.42 Å². The van der Waals surface area contributed by atoms with Crippen LogP contribution in [0.1, 0.15) is 26.7 Å². The maximum absolute atomic E-state index is 11.0. The van der Waals surface area contributed by atoms with Gasteiger partial charge in [-0.05, 0) is 5.92 Å². The second-order valence-corrected chi connectivity index (χ2v) is 5.55. The van der Waals surface area contributed by atoms with Crippen LogP contribution >= 0.6 is 0 Å². The Kier molecular flexibility index (Phi) is 7.91. The fourth-order valence-electron chi connectivity index (χ4n) is 1.25. The zero-order valence-electron chi connectivity index (χ0n) is 10.2. The maximum Gasteiger partial charge on any atom is 0.269 e. The molecule has 0 saturated carbocycles. The summed E-state index contributed by atoms with van der Waals surface area (Å²) in [5, 5.41) is 9.39. The first-order chi connectivity index (χ1) is 7.45. The Morgan fingerprint density at radius 2 is 1.75 bits per heavy atom. The van der Waals surface area contributed by atoms with E-state index in [1.807, 2.05) is 0 Å². The minimum absolute atomic E-state index is 0.0269. The summed E-state index contributed by atoms with van der Waals surface area (Å²) in [5.74, 6) is 0.0399. The van der Waals surface area contributed by atoms with Crippen molar-refractivity contribution in [2.45, 2.75) is 32.8 Å². The van der Waals surface area contributed by atoms with E-state index in [0.717, 1.165) is 20.0 Å². The predicted octanol–water partition coefficient (Wildman–Crippen LogP) is 0.776. The van der Waals surface area contributed by atoms with Gasteiger partial charge >= 0.3 is 0 Å². The van der Waals surface area contributed by atoms with Crippen molar-refractivity contribution >= 4 is 10.1 Å². The average molecular weight is 254 g/mol. The Labute approximate surface area is 97.9 Å². The summed E-state index contributed by atoms with van der Waals surface area (Å²) in [6.07, 6.45) is 1.01. The van der Waals surface area contributed by atoms with E-state index in [9.17, 15) is 13.5 Å². The van der Waals surface area contributed by atoms with Crippen LogP contribution in [0.4, 0.5) is 0 Å². The molecule has 98 valence electrons. The van der Waals surface area contributed by atoms with Gasteiger partial charge in [-0.1, -0.05) is 26.7 Å². The van der Waals surface area contributed by atoms with E-state index in [4.69, 9.17) is 4.74 Å². The van der Waals surface area contributed by atoms with Gasteiger partial charge in [-0.3, -0.25) is 4.18 Å². The summed E-state index contributed by atoms with van der Waals surface area (Å²) < 4.78 is 31.5. The summed E-state index contributed by atoms with van der Waals surface area (Å²) in [6, 6.07) is 0.